The number of thiazole rings is 1. The van der Waals surface area contributed by atoms with Crippen LogP contribution in [0.3, 0.4) is 0 Å². The minimum Gasteiger partial charge on any atom is -0.497 e. The molecule has 29 heavy (non-hydrogen) atoms. The fraction of sp³-hybridized carbons (Fsp3) is 0.348. The van der Waals surface area contributed by atoms with E-state index in [-0.39, 0.29) is 0 Å². The van der Waals surface area contributed by atoms with E-state index in [1.807, 2.05) is 24.3 Å². The van der Waals surface area contributed by atoms with Crippen molar-refractivity contribution in [3.63, 3.8) is 0 Å². The molecule has 4 nitrogen and oxygen atoms in total. The van der Waals surface area contributed by atoms with Crippen LogP contribution in [0.1, 0.15) is 30.7 Å². The number of aryl methyl sites for hydroxylation is 2. The molecule has 0 aliphatic heterocycles. The number of rotatable bonds is 8. The van der Waals surface area contributed by atoms with Crippen molar-refractivity contribution in [1.29, 1.82) is 0 Å². The fourth-order valence-corrected chi connectivity index (χ4v) is 4.49. The average Bonchev–Trinajstić information content (AvgIpc) is 3.12. The summed E-state index contributed by atoms with van der Waals surface area (Å²) >= 11 is 8.19. The van der Waals surface area contributed by atoms with Gasteiger partial charge in [0.15, 0.2) is 5.13 Å². The Labute approximate surface area is 182 Å². The summed E-state index contributed by atoms with van der Waals surface area (Å²) in [4.78, 5) is 8.36. The minimum atomic E-state index is 0.636. The molecule has 0 radical (unpaired) electrons. The van der Waals surface area contributed by atoms with Gasteiger partial charge in [-0.2, -0.15) is 0 Å². The lowest BCUT2D eigenvalue weighted by Gasteiger charge is -2.24. The van der Waals surface area contributed by atoms with Crippen molar-refractivity contribution in [3.8, 4) is 22.8 Å². The largest absolute Gasteiger partial charge is 0.497 e. The first-order valence-corrected chi connectivity index (χ1v) is 11.0. The van der Waals surface area contributed by atoms with Gasteiger partial charge in [-0.15, -0.1) is 11.3 Å². The molecule has 0 aliphatic rings. The lowest BCUT2D eigenvalue weighted by atomic mass is 10.1. The highest BCUT2D eigenvalue weighted by Crippen LogP contribution is 2.41. The van der Waals surface area contributed by atoms with E-state index in [0.29, 0.717) is 5.02 Å². The molecular formula is C23H27ClN2O2S. The number of nitrogens with zero attached hydrogens (tertiary/aromatic N) is 2. The highest BCUT2D eigenvalue weighted by atomic mass is 35.5. The molecule has 0 saturated carbocycles. The third kappa shape index (κ3) is 4.51. The number of hydrogen-bond donors (Lipinski definition) is 0. The van der Waals surface area contributed by atoms with Crippen molar-refractivity contribution in [2.45, 2.75) is 33.6 Å². The van der Waals surface area contributed by atoms with Crippen LogP contribution < -0.4 is 14.4 Å². The second kappa shape index (κ2) is 9.51. The monoisotopic (exact) mass is 430 g/mol. The molecule has 0 atom stereocenters. The van der Waals surface area contributed by atoms with E-state index in [4.69, 9.17) is 26.1 Å². The standard InChI is InChI=1S/C23H27ClN2O2S/c1-6-12-26(20-13-16(7-2)8-11-21(20)28-5)23-25-22(15(3)29-23)18-10-9-17(27-4)14-19(18)24/h8-11,13-14H,6-7,12H2,1-5H3. The Kier molecular flexibility index (Phi) is 7.04. The summed E-state index contributed by atoms with van der Waals surface area (Å²) in [6.07, 6.45) is 1.97. The summed E-state index contributed by atoms with van der Waals surface area (Å²) in [5.74, 6) is 1.59. The van der Waals surface area contributed by atoms with Crippen LogP contribution >= 0.6 is 22.9 Å². The van der Waals surface area contributed by atoms with Crippen molar-refractivity contribution in [1.82, 2.24) is 4.98 Å². The van der Waals surface area contributed by atoms with Crippen molar-refractivity contribution >= 4 is 33.8 Å². The number of aromatic nitrogens is 1. The Balaban J connectivity index is 2.08. The van der Waals surface area contributed by atoms with Crippen LogP contribution in [-0.2, 0) is 6.42 Å². The van der Waals surface area contributed by atoms with E-state index in [1.54, 1.807) is 25.6 Å². The maximum Gasteiger partial charge on any atom is 0.190 e. The van der Waals surface area contributed by atoms with E-state index in [2.05, 4.69) is 37.8 Å². The van der Waals surface area contributed by atoms with Gasteiger partial charge >= 0.3 is 0 Å². The zero-order chi connectivity index (χ0) is 21.0. The van der Waals surface area contributed by atoms with Crippen molar-refractivity contribution in [2.75, 3.05) is 25.7 Å². The molecule has 154 valence electrons. The predicted octanol–water partition coefficient (Wildman–Crippen LogP) is 6.90. The van der Waals surface area contributed by atoms with Crippen molar-refractivity contribution in [2.24, 2.45) is 0 Å². The molecule has 1 heterocycles. The number of methoxy groups -OCH3 is 2. The average molecular weight is 431 g/mol. The number of benzene rings is 2. The van der Waals surface area contributed by atoms with Crippen LogP contribution in [0.5, 0.6) is 11.5 Å². The summed E-state index contributed by atoms with van der Waals surface area (Å²) in [5, 5.41) is 1.58. The van der Waals surface area contributed by atoms with E-state index in [9.17, 15) is 0 Å². The molecule has 0 spiro atoms. The van der Waals surface area contributed by atoms with Crippen LogP contribution in [0.25, 0.3) is 11.3 Å². The highest BCUT2D eigenvalue weighted by Gasteiger charge is 2.21. The van der Waals surface area contributed by atoms with Crippen LogP contribution in [0.4, 0.5) is 10.8 Å². The molecule has 0 amide bonds. The Morgan fingerprint density at radius 1 is 1.07 bits per heavy atom. The Bertz CT molecular complexity index is 987. The number of halogens is 1. The summed E-state index contributed by atoms with van der Waals surface area (Å²) in [6.45, 7) is 7.27. The SMILES string of the molecule is CCCN(c1nc(-c2ccc(OC)cc2Cl)c(C)s1)c1cc(CC)ccc1OC. The van der Waals surface area contributed by atoms with Crippen LogP contribution in [0.2, 0.25) is 5.02 Å². The quantitative estimate of drug-likeness (QED) is 0.389. The van der Waals surface area contributed by atoms with Gasteiger partial charge in [-0.1, -0.05) is 31.5 Å². The normalized spacial score (nSPS) is 10.8. The third-order valence-corrected chi connectivity index (χ3v) is 6.14. The molecule has 0 aliphatic carbocycles. The van der Waals surface area contributed by atoms with Gasteiger partial charge in [0.25, 0.3) is 0 Å². The molecule has 6 heteroatoms. The summed E-state index contributed by atoms with van der Waals surface area (Å²) < 4.78 is 10.9. The van der Waals surface area contributed by atoms with Gasteiger partial charge in [-0.25, -0.2) is 4.98 Å². The van der Waals surface area contributed by atoms with Gasteiger partial charge in [0, 0.05) is 17.0 Å². The molecule has 2 aromatic carbocycles. The van der Waals surface area contributed by atoms with E-state index in [1.165, 1.54) is 5.56 Å². The smallest absolute Gasteiger partial charge is 0.190 e. The topological polar surface area (TPSA) is 34.6 Å². The third-order valence-electron chi connectivity index (χ3n) is 4.84. The molecular weight excluding hydrogens is 404 g/mol. The molecule has 0 saturated heterocycles. The zero-order valence-corrected chi connectivity index (χ0v) is 19.2. The number of anilines is 2. The van der Waals surface area contributed by atoms with E-state index < -0.39 is 0 Å². The molecule has 0 unspecified atom stereocenters. The number of hydrogen-bond acceptors (Lipinski definition) is 5. The first-order valence-electron chi connectivity index (χ1n) is 9.78. The van der Waals surface area contributed by atoms with Gasteiger partial charge in [-0.3, -0.25) is 0 Å². The molecule has 0 N–H and O–H groups in total. The van der Waals surface area contributed by atoms with Gasteiger partial charge < -0.3 is 14.4 Å². The molecule has 0 bridgehead atoms. The van der Waals surface area contributed by atoms with E-state index in [0.717, 1.165) is 57.8 Å². The first-order chi connectivity index (χ1) is 14.0. The Morgan fingerprint density at radius 2 is 1.86 bits per heavy atom. The molecule has 1 aromatic heterocycles. The highest BCUT2D eigenvalue weighted by molar-refractivity contribution is 7.16. The van der Waals surface area contributed by atoms with Gasteiger partial charge in [0.2, 0.25) is 0 Å². The van der Waals surface area contributed by atoms with Gasteiger partial charge in [0.05, 0.1) is 30.6 Å². The molecule has 3 aromatic rings. The number of ether oxygens (including phenoxy) is 2. The molecule has 3 rings (SSSR count). The summed E-state index contributed by atoms with van der Waals surface area (Å²) in [5.41, 5.74) is 4.14. The van der Waals surface area contributed by atoms with Crippen LogP contribution in [-0.4, -0.2) is 25.7 Å². The van der Waals surface area contributed by atoms with E-state index >= 15 is 0 Å². The predicted molar refractivity (Wildman–Crippen MR) is 124 cm³/mol. The second-order valence-electron chi connectivity index (χ2n) is 6.76. The minimum absolute atomic E-state index is 0.636. The fourth-order valence-electron chi connectivity index (χ4n) is 3.27. The van der Waals surface area contributed by atoms with Crippen LogP contribution in [0.15, 0.2) is 36.4 Å². The van der Waals surface area contributed by atoms with Gasteiger partial charge in [0.1, 0.15) is 11.5 Å². The van der Waals surface area contributed by atoms with Crippen molar-refractivity contribution in [3.05, 3.63) is 51.9 Å². The van der Waals surface area contributed by atoms with Crippen LogP contribution in [0, 0.1) is 6.92 Å². The van der Waals surface area contributed by atoms with Gasteiger partial charge in [-0.05, 0) is 55.7 Å². The Morgan fingerprint density at radius 3 is 2.48 bits per heavy atom. The summed E-state index contributed by atoms with van der Waals surface area (Å²) in [6, 6.07) is 12.1. The maximum atomic E-state index is 6.52. The lowest BCUT2D eigenvalue weighted by Crippen LogP contribution is -2.18. The molecule has 0 fully saturated rings. The summed E-state index contributed by atoms with van der Waals surface area (Å²) in [7, 11) is 3.35. The first kappa shape index (κ1) is 21.5. The maximum absolute atomic E-state index is 6.52. The lowest BCUT2D eigenvalue weighted by molar-refractivity contribution is 0.415. The Hall–Kier alpha value is -2.24. The second-order valence-corrected chi connectivity index (χ2v) is 8.35. The zero-order valence-electron chi connectivity index (χ0n) is 17.6. The van der Waals surface area contributed by atoms with Crippen molar-refractivity contribution < 1.29 is 9.47 Å².